The summed E-state index contributed by atoms with van der Waals surface area (Å²) in [4.78, 5) is 13.4. The van der Waals surface area contributed by atoms with Gasteiger partial charge in [-0.3, -0.25) is 4.79 Å². The number of Topliss-reactive ketones (excluding diaryl/α,β-unsaturated/α-hetero) is 1. The molecule has 0 aromatic carbocycles. The van der Waals surface area contributed by atoms with Gasteiger partial charge in [-0.2, -0.15) is 0 Å². The molecule has 6 saturated heterocycles. The van der Waals surface area contributed by atoms with Gasteiger partial charge < -0.3 is 76.5 Å². The number of hydrogen-bond acceptors (Lipinski definition) is 17. The molecule has 0 radical (unpaired) electrons. The maximum Gasteiger partial charge on any atom is 0.187 e. The SMILES string of the molecule is CO[C@@H]1[C@@H](O)[C@H](O[C@@H]2[C@@H](C)O[C@@H](O[C@H]3[C@@H](OC)C[C@H](O[C@@H]4[C@@H](C)O[C@@H](O[C@H]5CC[C@@]6(C)[C@@H](CC[C@@]78O[C@@H](C)[C@@H]9CCC(=O)[C@]9(C)[C@@H](C[C@@H]76)O8)C5)C[C@H]4OC)O[C@@H]3C)C[C@H]2OC)O[C@H](C)[C@H]1O. The number of aliphatic hydroxyl groups is 2. The Morgan fingerprint density at radius 2 is 1.12 bits per heavy atom. The smallest absolute Gasteiger partial charge is 0.187 e. The first-order chi connectivity index (χ1) is 31.5. The Bertz CT molecular complexity index is 1670. The average Bonchev–Trinajstić information content (AvgIpc) is 3.80. The van der Waals surface area contributed by atoms with Gasteiger partial charge in [-0.1, -0.05) is 6.92 Å². The standard InChI is InChI=1S/C49H80O17/c1-23-30-12-13-35(50)48(30,7)36-22-34-47(6)16-15-29(18-28(47)14-17-49(34,65-23)66-36)61-37-19-31(53-8)42(25(3)57-37)62-38-20-32(54-9)43(26(4)58-38)63-39-21-33(55-10)44(27(5)59-39)64-46-41(52)45(56-11)40(51)24(2)60-46/h23-34,36-46,51-52H,12-22H2,1-11H3/t23-,24+,25+,26+,27+,28-,29-,30-,31+,32-,33+,34+,36+,37-,38-,39-,40+,41+,42+,43+,44+,45-,46-,47-,48+,49-/m0/s1. The van der Waals surface area contributed by atoms with Gasteiger partial charge in [0.15, 0.2) is 30.9 Å². The number of hydrogen-bond donors (Lipinski definition) is 2. The lowest BCUT2D eigenvalue weighted by Gasteiger charge is -2.57. The fourth-order valence-electron chi connectivity index (χ4n) is 14.3. The summed E-state index contributed by atoms with van der Waals surface area (Å²) >= 11 is 0. The fourth-order valence-corrected chi connectivity index (χ4v) is 14.3. The minimum absolute atomic E-state index is 0.00154. The van der Waals surface area contributed by atoms with Crippen molar-refractivity contribution in [3.8, 4) is 0 Å². The first-order valence-electron chi connectivity index (χ1n) is 25.1. The topological polar surface area (TPSA) is 187 Å². The molecular formula is C49H80O17. The zero-order chi connectivity index (χ0) is 47.0. The number of aliphatic hydroxyl groups excluding tert-OH is 2. The van der Waals surface area contributed by atoms with Crippen molar-refractivity contribution in [1.29, 1.82) is 0 Å². The van der Waals surface area contributed by atoms with E-state index < -0.39 is 97.4 Å². The molecule has 9 rings (SSSR count). The van der Waals surface area contributed by atoms with Gasteiger partial charge in [0.2, 0.25) is 0 Å². The number of ether oxygens (including phenoxy) is 14. The molecule has 0 unspecified atom stereocenters. The highest BCUT2D eigenvalue weighted by Gasteiger charge is 2.70. The van der Waals surface area contributed by atoms with Gasteiger partial charge in [-0.25, -0.2) is 0 Å². The number of ketones is 1. The van der Waals surface area contributed by atoms with Crippen LogP contribution in [-0.4, -0.2) is 173 Å². The normalized spacial score (nSPS) is 55.2. The second kappa shape index (κ2) is 19.6. The van der Waals surface area contributed by atoms with E-state index in [0.717, 1.165) is 44.9 Å². The Balaban J connectivity index is 0.766. The maximum absolute atomic E-state index is 13.4. The summed E-state index contributed by atoms with van der Waals surface area (Å²) in [6.45, 7) is 14.3. The molecule has 3 saturated carbocycles. The summed E-state index contributed by atoms with van der Waals surface area (Å²) in [5, 5.41) is 21.3. The molecule has 2 bridgehead atoms. The maximum atomic E-state index is 13.4. The lowest BCUT2D eigenvalue weighted by molar-refractivity contribution is -0.356. The molecule has 26 atom stereocenters. The highest BCUT2D eigenvalue weighted by molar-refractivity contribution is 5.88. The third-order valence-corrected chi connectivity index (χ3v) is 18.2. The molecular weight excluding hydrogens is 861 g/mol. The number of carbonyl (C=O) groups excluding carboxylic acids is 1. The molecule has 0 amide bonds. The van der Waals surface area contributed by atoms with Crippen LogP contribution in [0.1, 0.15) is 119 Å². The first-order valence-corrected chi connectivity index (χ1v) is 25.1. The monoisotopic (exact) mass is 941 g/mol. The molecule has 3 aliphatic carbocycles. The van der Waals surface area contributed by atoms with E-state index in [4.69, 9.17) is 66.3 Å². The van der Waals surface area contributed by atoms with Crippen molar-refractivity contribution in [1.82, 2.24) is 0 Å². The van der Waals surface area contributed by atoms with Gasteiger partial charge in [0, 0.05) is 72.4 Å². The van der Waals surface area contributed by atoms with E-state index in [1.54, 1.807) is 28.3 Å². The second-order valence-corrected chi connectivity index (χ2v) is 21.7. The second-order valence-electron chi connectivity index (χ2n) is 21.7. The number of fused-ring (bicyclic) bond motifs is 5. The summed E-state index contributed by atoms with van der Waals surface area (Å²) in [5.41, 5.74) is -0.429. The van der Waals surface area contributed by atoms with E-state index in [0.29, 0.717) is 37.4 Å². The van der Waals surface area contributed by atoms with Crippen LogP contribution in [0.3, 0.4) is 0 Å². The number of methoxy groups -OCH3 is 4. The predicted octanol–water partition coefficient (Wildman–Crippen LogP) is 4.56. The van der Waals surface area contributed by atoms with Crippen molar-refractivity contribution in [2.45, 2.75) is 248 Å². The van der Waals surface area contributed by atoms with Crippen LogP contribution in [0.2, 0.25) is 0 Å². The molecule has 378 valence electrons. The molecule has 6 aliphatic heterocycles. The molecule has 17 heteroatoms. The lowest BCUT2D eigenvalue weighted by atomic mass is 9.52. The van der Waals surface area contributed by atoms with Crippen molar-refractivity contribution in [2.75, 3.05) is 28.4 Å². The molecule has 17 nitrogen and oxygen atoms in total. The van der Waals surface area contributed by atoms with Crippen LogP contribution in [0.4, 0.5) is 0 Å². The van der Waals surface area contributed by atoms with E-state index in [1.807, 2.05) is 20.8 Å². The Hall–Kier alpha value is -0.970. The van der Waals surface area contributed by atoms with E-state index in [1.165, 1.54) is 7.11 Å². The molecule has 9 fully saturated rings. The van der Waals surface area contributed by atoms with Crippen LogP contribution in [0.25, 0.3) is 0 Å². The Morgan fingerprint density at radius 3 is 1.68 bits per heavy atom. The van der Waals surface area contributed by atoms with Crippen molar-refractivity contribution >= 4 is 5.78 Å². The lowest BCUT2D eigenvalue weighted by Crippen LogP contribution is -2.61. The van der Waals surface area contributed by atoms with Gasteiger partial charge in [-0.15, -0.1) is 0 Å². The van der Waals surface area contributed by atoms with Crippen molar-refractivity contribution in [3.63, 3.8) is 0 Å². The molecule has 0 aromatic rings. The van der Waals surface area contributed by atoms with E-state index in [2.05, 4.69) is 20.8 Å². The molecule has 66 heavy (non-hydrogen) atoms. The third kappa shape index (κ3) is 8.80. The summed E-state index contributed by atoms with van der Waals surface area (Å²) in [5.74, 6) is 0.677. The van der Waals surface area contributed by atoms with Crippen LogP contribution >= 0.6 is 0 Å². The van der Waals surface area contributed by atoms with Crippen LogP contribution in [0.15, 0.2) is 0 Å². The zero-order valence-electron chi connectivity index (χ0n) is 41.1. The highest BCUT2D eigenvalue weighted by Crippen LogP contribution is 2.67. The quantitative estimate of drug-likeness (QED) is 0.259. The van der Waals surface area contributed by atoms with Crippen molar-refractivity contribution < 1.29 is 81.3 Å². The summed E-state index contributed by atoms with van der Waals surface area (Å²) in [6.07, 6.45) is -1.92. The molecule has 0 aromatic heterocycles. The number of carbonyl (C=O) groups is 1. The van der Waals surface area contributed by atoms with Crippen LogP contribution in [0, 0.1) is 28.6 Å². The van der Waals surface area contributed by atoms with Crippen molar-refractivity contribution in [3.05, 3.63) is 0 Å². The predicted molar refractivity (Wildman–Crippen MR) is 233 cm³/mol. The highest BCUT2D eigenvalue weighted by atomic mass is 16.8. The van der Waals surface area contributed by atoms with Crippen molar-refractivity contribution in [2.24, 2.45) is 28.6 Å². The molecule has 6 heterocycles. The molecule has 9 aliphatic rings. The van der Waals surface area contributed by atoms with Gasteiger partial charge in [0.1, 0.15) is 42.4 Å². The summed E-state index contributed by atoms with van der Waals surface area (Å²) in [6, 6.07) is 0. The van der Waals surface area contributed by atoms with Gasteiger partial charge >= 0.3 is 0 Å². The fraction of sp³-hybridized carbons (Fsp3) is 0.980. The minimum atomic E-state index is -1.22. The third-order valence-electron chi connectivity index (χ3n) is 18.2. The molecule has 2 N–H and O–H groups in total. The zero-order valence-corrected chi connectivity index (χ0v) is 41.1. The van der Waals surface area contributed by atoms with Gasteiger partial charge in [-0.05, 0) is 91.4 Å². The molecule has 1 spiro atoms. The van der Waals surface area contributed by atoms with E-state index in [-0.39, 0.29) is 53.9 Å². The average molecular weight is 941 g/mol. The Morgan fingerprint density at radius 1 is 0.561 bits per heavy atom. The number of rotatable bonds is 12. The first kappa shape index (κ1) is 50.0. The summed E-state index contributed by atoms with van der Waals surface area (Å²) in [7, 11) is 6.39. The van der Waals surface area contributed by atoms with Gasteiger partial charge in [0.25, 0.3) is 0 Å². The Kier molecular flexibility index (Phi) is 14.8. The van der Waals surface area contributed by atoms with Crippen LogP contribution in [-0.2, 0) is 71.1 Å². The van der Waals surface area contributed by atoms with E-state index in [9.17, 15) is 15.0 Å². The summed E-state index contributed by atoms with van der Waals surface area (Å²) < 4.78 is 88.8. The Labute approximate surface area is 391 Å². The minimum Gasteiger partial charge on any atom is -0.388 e. The van der Waals surface area contributed by atoms with Crippen LogP contribution in [0.5, 0.6) is 0 Å². The van der Waals surface area contributed by atoms with E-state index >= 15 is 0 Å². The largest absolute Gasteiger partial charge is 0.388 e. The van der Waals surface area contributed by atoms with Gasteiger partial charge in [0.05, 0.1) is 66.5 Å². The van der Waals surface area contributed by atoms with Crippen LogP contribution < -0.4 is 0 Å².